The molecule has 1 amide bonds. The molecule has 0 radical (unpaired) electrons. The van der Waals surface area contributed by atoms with Crippen molar-refractivity contribution in [3.05, 3.63) is 88.4 Å². The van der Waals surface area contributed by atoms with E-state index in [0.717, 1.165) is 11.1 Å². The van der Waals surface area contributed by atoms with E-state index in [1.54, 1.807) is 18.2 Å². The molecule has 0 saturated heterocycles. The zero-order chi connectivity index (χ0) is 23.2. The summed E-state index contributed by atoms with van der Waals surface area (Å²) < 4.78 is 7.26. The van der Waals surface area contributed by atoms with Crippen LogP contribution in [0.1, 0.15) is 5.56 Å². The molecule has 1 heterocycles. The van der Waals surface area contributed by atoms with Crippen LogP contribution >= 0.6 is 35.0 Å². The van der Waals surface area contributed by atoms with Gasteiger partial charge in [0.25, 0.3) is 0 Å². The Morgan fingerprint density at radius 2 is 1.79 bits per heavy atom. The molecule has 6 nitrogen and oxygen atoms in total. The van der Waals surface area contributed by atoms with E-state index in [1.807, 2.05) is 59.2 Å². The van der Waals surface area contributed by atoms with Crippen LogP contribution in [-0.4, -0.2) is 33.5 Å². The van der Waals surface area contributed by atoms with Gasteiger partial charge < -0.3 is 10.1 Å². The first kappa shape index (κ1) is 23.2. The van der Waals surface area contributed by atoms with Crippen molar-refractivity contribution in [2.45, 2.75) is 11.7 Å². The Balaban J connectivity index is 1.57. The maximum absolute atomic E-state index is 12.7. The van der Waals surface area contributed by atoms with Crippen molar-refractivity contribution in [1.29, 1.82) is 0 Å². The number of rotatable bonds is 8. The number of thioether (sulfide) groups is 1. The third kappa shape index (κ3) is 5.68. The Morgan fingerprint density at radius 3 is 2.55 bits per heavy atom. The Bertz CT molecular complexity index is 1260. The summed E-state index contributed by atoms with van der Waals surface area (Å²) in [7, 11) is 1.54. The lowest BCUT2D eigenvalue weighted by Gasteiger charge is -2.12. The average Bonchev–Trinajstić information content (AvgIpc) is 3.21. The van der Waals surface area contributed by atoms with Crippen molar-refractivity contribution < 1.29 is 9.53 Å². The summed E-state index contributed by atoms with van der Waals surface area (Å²) in [5.74, 6) is 1.09. The largest absolute Gasteiger partial charge is 0.495 e. The van der Waals surface area contributed by atoms with Crippen LogP contribution in [0.4, 0.5) is 5.69 Å². The first-order valence-corrected chi connectivity index (χ1v) is 11.8. The predicted octanol–water partition coefficient (Wildman–Crippen LogP) is 6.04. The highest BCUT2D eigenvalue weighted by molar-refractivity contribution is 7.99. The van der Waals surface area contributed by atoms with E-state index >= 15 is 0 Å². The fraction of sp³-hybridized carbons (Fsp3) is 0.125. The summed E-state index contributed by atoms with van der Waals surface area (Å²) in [5.41, 5.74) is 2.38. The normalized spacial score (nSPS) is 10.8. The number of benzene rings is 3. The second-order valence-electron chi connectivity index (χ2n) is 7.04. The van der Waals surface area contributed by atoms with Gasteiger partial charge in [-0.2, -0.15) is 0 Å². The van der Waals surface area contributed by atoms with Crippen molar-refractivity contribution >= 4 is 46.6 Å². The van der Waals surface area contributed by atoms with Gasteiger partial charge in [0.15, 0.2) is 11.0 Å². The van der Waals surface area contributed by atoms with E-state index < -0.39 is 0 Å². The molecular weight excluding hydrogens is 479 g/mol. The van der Waals surface area contributed by atoms with Gasteiger partial charge in [-0.15, -0.1) is 10.2 Å². The number of halogens is 2. The SMILES string of the molecule is COc1ccc(Cl)cc1NC(=O)CSc1nnc(-c2ccccc2Cl)n1Cc1ccccc1. The summed E-state index contributed by atoms with van der Waals surface area (Å²) >= 11 is 13.8. The first-order valence-electron chi connectivity index (χ1n) is 10.0. The highest BCUT2D eigenvalue weighted by Crippen LogP contribution is 2.31. The number of hydrogen-bond donors (Lipinski definition) is 1. The lowest BCUT2D eigenvalue weighted by atomic mass is 10.2. The molecule has 0 saturated carbocycles. The van der Waals surface area contributed by atoms with Crippen LogP contribution < -0.4 is 10.1 Å². The van der Waals surface area contributed by atoms with Crippen molar-refractivity contribution in [2.75, 3.05) is 18.2 Å². The van der Waals surface area contributed by atoms with Crippen LogP contribution in [0.25, 0.3) is 11.4 Å². The Labute approximate surface area is 205 Å². The van der Waals surface area contributed by atoms with E-state index in [4.69, 9.17) is 27.9 Å². The summed E-state index contributed by atoms with van der Waals surface area (Å²) in [6.07, 6.45) is 0. The van der Waals surface area contributed by atoms with Gasteiger partial charge in [0.05, 0.1) is 30.1 Å². The van der Waals surface area contributed by atoms with Crippen LogP contribution in [-0.2, 0) is 11.3 Å². The molecule has 0 bridgehead atoms. The molecule has 0 aliphatic rings. The number of amides is 1. The number of carbonyl (C=O) groups excluding carboxylic acids is 1. The lowest BCUT2D eigenvalue weighted by molar-refractivity contribution is -0.113. The van der Waals surface area contributed by atoms with Crippen molar-refractivity contribution in [1.82, 2.24) is 14.8 Å². The van der Waals surface area contributed by atoms with E-state index in [-0.39, 0.29) is 11.7 Å². The minimum atomic E-state index is -0.214. The Kier molecular flexibility index (Phi) is 7.54. The third-order valence-corrected chi connectivity index (χ3v) is 6.31. The summed E-state index contributed by atoms with van der Waals surface area (Å²) in [6, 6.07) is 22.5. The second-order valence-corrected chi connectivity index (χ2v) is 8.83. The smallest absolute Gasteiger partial charge is 0.234 e. The molecule has 0 fully saturated rings. The zero-order valence-corrected chi connectivity index (χ0v) is 20.0. The van der Waals surface area contributed by atoms with E-state index in [9.17, 15) is 4.79 Å². The Morgan fingerprint density at radius 1 is 1.03 bits per heavy atom. The van der Waals surface area contributed by atoms with Gasteiger partial charge in [-0.1, -0.05) is 77.4 Å². The van der Waals surface area contributed by atoms with Crippen LogP contribution in [0.2, 0.25) is 10.0 Å². The van der Waals surface area contributed by atoms with Crippen LogP contribution in [0, 0.1) is 0 Å². The molecule has 1 N–H and O–H groups in total. The van der Waals surface area contributed by atoms with Crippen LogP contribution in [0.3, 0.4) is 0 Å². The molecule has 4 rings (SSSR count). The fourth-order valence-corrected chi connectivity index (χ4v) is 4.37. The van der Waals surface area contributed by atoms with Crippen molar-refractivity contribution in [2.24, 2.45) is 0 Å². The molecule has 0 spiro atoms. The van der Waals surface area contributed by atoms with E-state index in [2.05, 4.69) is 15.5 Å². The monoisotopic (exact) mass is 498 g/mol. The number of nitrogens with one attached hydrogen (secondary N) is 1. The van der Waals surface area contributed by atoms with Gasteiger partial charge in [0, 0.05) is 10.6 Å². The van der Waals surface area contributed by atoms with Gasteiger partial charge in [-0.25, -0.2) is 0 Å². The average molecular weight is 499 g/mol. The number of nitrogens with zero attached hydrogens (tertiary/aromatic N) is 3. The summed E-state index contributed by atoms with van der Waals surface area (Å²) in [5, 5.41) is 13.3. The predicted molar refractivity (Wildman–Crippen MR) is 133 cm³/mol. The molecule has 168 valence electrons. The third-order valence-electron chi connectivity index (χ3n) is 4.78. The highest BCUT2D eigenvalue weighted by Gasteiger charge is 2.18. The molecule has 3 aromatic carbocycles. The molecule has 9 heteroatoms. The van der Waals surface area contributed by atoms with Gasteiger partial charge in [-0.3, -0.25) is 9.36 Å². The lowest BCUT2D eigenvalue weighted by Crippen LogP contribution is -2.15. The standard InChI is InChI=1S/C24H20Cl2N4O2S/c1-32-21-12-11-17(25)13-20(21)27-22(31)15-33-24-29-28-23(18-9-5-6-10-19(18)26)30(24)14-16-7-3-2-4-8-16/h2-13H,14-15H2,1H3,(H,27,31). The molecule has 0 aliphatic carbocycles. The maximum Gasteiger partial charge on any atom is 0.234 e. The molecular formula is C24H20Cl2N4O2S. The molecule has 0 atom stereocenters. The summed E-state index contributed by atoms with van der Waals surface area (Å²) in [4.78, 5) is 12.7. The number of anilines is 1. The Hall–Kier alpha value is -3.00. The number of carbonyl (C=O) groups is 1. The highest BCUT2D eigenvalue weighted by atomic mass is 35.5. The number of aromatic nitrogens is 3. The quantitative estimate of drug-likeness (QED) is 0.300. The van der Waals surface area contributed by atoms with Gasteiger partial charge in [-0.05, 0) is 35.9 Å². The minimum absolute atomic E-state index is 0.130. The van der Waals surface area contributed by atoms with Gasteiger partial charge >= 0.3 is 0 Å². The zero-order valence-electron chi connectivity index (χ0n) is 17.7. The number of hydrogen-bond acceptors (Lipinski definition) is 5. The number of methoxy groups -OCH3 is 1. The first-order chi connectivity index (χ1) is 16.0. The van der Waals surface area contributed by atoms with Crippen molar-refractivity contribution in [3.8, 4) is 17.1 Å². The molecule has 4 aromatic rings. The van der Waals surface area contributed by atoms with Crippen LogP contribution in [0.15, 0.2) is 78.0 Å². The molecule has 33 heavy (non-hydrogen) atoms. The van der Waals surface area contributed by atoms with E-state index in [0.29, 0.717) is 39.0 Å². The summed E-state index contributed by atoms with van der Waals surface area (Å²) in [6.45, 7) is 0.542. The van der Waals surface area contributed by atoms with Gasteiger partial charge in [0.2, 0.25) is 5.91 Å². The maximum atomic E-state index is 12.7. The van der Waals surface area contributed by atoms with Gasteiger partial charge in [0.1, 0.15) is 5.75 Å². The molecule has 0 unspecified atom stereocenters. The molecule has 1 aromatic heterocycles. The fourth-order valence-electron chi connectivity index (χ4n) is 3.24. The molecule has 0 aliphatic heterocycles. The second kappa shape index (κ2) is 10.7. The van der Waals surface area contributed by atoms with Crippen LogP contribution in [0.5, 0.6) is 5.75 Å². The van der Waals surface area contributed by atoms with Crippen molar-refractivity contribution in [3.63, 3.8) is 0 Å². The topological polar surface area (TPSA) is 69.0 Å². The minimum Gasteiger partial charge on any atom is -0.495 e. The number of ether oxygens (including phenoxy) is 1. The van der Waals surface area contributed by atoms with E-state index in [1.165, 1.54) is 18.9 Å².